The molecule has 1 unspecified atom stereocenters. The molecule has 0 aromatic rings. The van der Waals surface area contributed by atoms with Gasteiger partial charge in [0.25, 0.3) is 11.8 Å². The maximum Gasteiger partial charge on any atom is 0.347 e. The Bertz CT molecular complexity index is 715. The van der Waals surface area contributed by atoms with E-state index in [2.05, 4.69) is 26.4 Å². The molecule has 174 valence electrons. The molecule has 12 nitrogen and oxygen atoms in total. The Morgan fingerprint density at radius 3 is 2.35 bits per heavy atom. The lowest BCUT2D eigenvalue weighted by Gasteiger charge is -2.16. The van der Waals surface area contributed by atoms with Crippen LogP contribution >= 0.6 is 0 Å². The third-order valence-corrected chi connectivity index (χ3v) is 3.51. The smallest absolute Gasteiger partial charge is 0.347 e. The summed E-state index contributed by atoms with van der Waals surface area (Å²) in [6, 6.07) is -1.09. The number of nitrogens with two attached hydrogens (primary N) is 1. The Morgan fingerprint density at radius 1 is 1.16 bits per heavy atom. The number of halogens is 2. The van der Waals surface area contributed by atoms with E-state index < -0.39 is 61.4 Å². The van der Waals surface area contributed by atoms with Crippen LogP contribution in [0.15, 0.2) is 12.2 Å². The van der Waals surface area contributed by atoms with Crippen molar-refractivity contribution in [1.29, 1.82) is 0 Å². The standard InChI is InChI=1S/C17H25F2N5O7/c1-3-4-14(28)24(10-25)6-5-12(26)21-7-13(27)23-11(2)15(29)22-9-31-8-17(18,19)16(20)30/h3-4,10-11H,5-9H2,1-2H3,(H2,20,30)(H,21,26)(H,22,29)(H,23,27)/b4-3-. The first-order chi connectivity index (χ1) is 14.4. The van der Waals surface area contributed by atoms with Crippen molar-refractivity contribution in [1.82, 2.24) is 20.9 Å². The van der Waals surface area contributed by atoms with Crippen LogP contribution in [0.5, 0.6) is 0 Å². The van der Waals surface area contributed by atoms with E-state index in [0.29, 0.717) is 0 Å². The van der Waals surface area contributed by atoms with Gasteiger partial charge in [-0.3, -0.25) is 33.7 Å². The highest BCUT2D eigenvalue weighted by Gasteiger charge is 2.36. The highest BCUT2D eigenvalue weighted by molar-refractivity contribution is 5.95. The highest BCUT2D eigenvalue weighted by Crippen LogP contribution is 2.11. The maximum absolute atomic E-state index is 12.9. The van der Waals surface area contributed by atoms with Gasteiger partial charge in [0.05, 0.1) is 6.54 Å². The Labute approximate surface area is 176 Å². The normalized spacial score (nSPS) is 12.0. The number of hydrogen-bond donors (Lipinski definition) is 4. The molecule has 6 amide bonds. The molecule has 31 heavy (non-hydrogen) atoms. The van der Waals surface area contributed by atoms with Crippen molar-refractivity contribution in [3.63, 3.8) is 0 Å². The largest absolute Gasteiger partial charge is 0.364 e. The third-order valence-electron chi connectivity index (χ3n) is 3.51. The van der Waals surface area contributed by atoms with E-state index in [4.69, 9.17) is 0 Å². The minimum Gasteiger partial charge on any atom is -0.364 e. The fourth-order valence-electron chi connectivity index (χ4n) is 1.83. The number of rotatable bonds is 14. The summed E-state index contributed by atoms with van der Waals surface area (Å²) in [6.45, 7) is 0.232. The molecule has 0 fully saturated rings. The summed E-state index contributed by atoms with van der Waals surface area (Å²) >= 11 is 0. The number of carbonyl (C=O) groups excluding carboxylic acids is 6. The van der Waals surface area contributed by atoms with Crippen LogP contribution in [-0.4, -0.2) is 79.2 Å². The van der Waals surface area contributed by atoms with E-state index in [1.807, 2.05) is 0 Å². The van der Waals surface area contributed by atoms with Crippen LogP contribution in [0.4, 0.5) is 8.78 Å². The van der Waals surface area contributed by atoms with Gasteiger partial charge < -0.3 is 26.4 Å². The van der Waals surface area contributed by atoms with Gasteiger partial charge in [-0.1, -0.05) is 6.08 Å². The van der Waals surface area contributed by atoms with Gasteiger partial charge in [-0.05, 0) is 19.9 Å². The number of allylic oxidation sites excluding steroid dienone is 1. The van der Waals surface area contributed by atoms with Gasteiger partial charge in [-0.15, -0.1) is 0 Å². The van der Waals surface area contributed by atoms with Crippen molar-refractivity contribution < 1.29 is 42.3 Å². The fourth-order valence-corrected chi connectivity index (χ4v) is 1.83. The van der Waals surface area contributed by atoms with Crippen LogP contribution in [0, 0.1) is 0 Å². The highest BCUT2D eigenvalue weighted by atomic mass is 19.3. The summed E-state index contributed by atoms with van der Waals surface area (Å²) in [6.07, 6.45) is 2.63. The maximum atomic E-state index is 12.9. The van der Waals surface area contributed by atoms with E-state index in [9.17, 15) is 37.5 Å². The summed E-state index contributed by atoms with van der Waals surface area (Å²) in [5.74, 6) is -8.46. The van der Waals surface area contributed by atoms with Crippen molar-refractivity contribution in [2.45, 2.75) is 32.2 Å². The average molecular weight is 449 g/mol. The van der Waals surface area contributed by atoms with Crippen molar-refractivity contribution in [3.05, 3.63) is 12.2 Å². The second kappa shape index (κ2) is 13.7. The van der Waals surface area contributed by atoms with Gasteiger partial charge in [0.1, 0.15) is 19.4 Å². The molecule has 0 aliphatic rings. The second-order valence-corrected chi connectivity index (χ2v) is 6.06. The number of nitrogens with zero attached hydrogens (tertiary/aromatic N) is 1. The zero-order chi connectivity index (χ0) is 24.0. The number of amides is 6. The first-order valence-electron chi connectivity index (χ1n) is 8.92. The molecule has 0 saturated heterocycles. The van der Waals surface area contributed by atoms with Crippen molar-refractivity contribution >= 4 is 35.9 Å². The van der Waals surface area contributed by atoms with E-state index in [0.717, 1.165) is 11.0 Å². The van der Waals surface area contributed by atoms with E-state index in [1.54, 1.807) is 6.92 Å². The van der Waals surface area contributed by atoms with E-state index in [1.165, 1.54) is 13.0 Å². The molecule has 0 aromatic heterocycles. The lowest BCUT2D eigenvalue weighted by atomic mass is 10.3. The van der Waals surface area contributed by atoms with Gasteiger partial charge in [-0.2, -0.15) is 8.78 Å². The summed E-state index contributed by atoms with van der Waals surface area (Å²) in [5.41, 5.74) is 4.46. The van der Waals surface area contributed by atoms with Crippen molar-refractivity contribution in [2.24, 2.45) is 5.73 Å². The molecule has 0 heterocycles. The minimum atomic E-state index is -3.88. The van der Waals surface area contributed by atoms with E-state index >= 15 is 0 Å². The van der Waals surface area contributed by atoms with Gasteiger partial charge in [0, 0.05) is 13.0 Å². The van der Waals surface area contributed by atoms with Crippen LogP contribution in [0.25, 0.3) is 0 Å². The predicted molar refractivity (Wildman–Crippen MR) is 101 cm³/mol. The molecule has 0 aromatic carbocycles. The van der Waals surface area contributed by atoms with Crippen molar-refractivity contribution in [3.8, 4) is 0 Å². The van der Waals surface area contributed by atoms with E-state index in [-0.39, 0.29) is 19.4 Å². The summed E-state index contributed by atoms with van der Waals surface area (Å²) in [5, 5.41) is 6.60. The minimum absolute atomic E-state index is 0.187. The quantitative estimate of drug-likeness (QED) is 0.100. The van der Waals surface area contributed by atoms with Gasteiger partial charge in [0.2, 0.25) is 24.1 Å². The molecule has 0 radical (unpaired) electrons. The molecule has 1 atom stereocenters. The molecular weight excluding hydrogens is 424 g/mol. The van der Waals surface area contributed by atoms with Crippen LogP contribution in [0.3, 0.4) is 0 Å². The lowest BCUT2D eigenvalue weighted by molar-refractivity contribution is -0.152. The fraction of sp³-hybridized carbons (Fsp3) is 0.529. The average Bonchev–Trinajstić information content (AvgIpc) is 2.69. The number of imide groups is 1. The molecule has 5 N–H and O–H groups in total. The number of ether oxygens (including phenoxy) is 1. The summed E-state index contributed by atoms with van der Waals surface area (Å²) in [4.78, 5) is 68.8. The topological polar surface area (TPSA) is 177 Å². The molecule has 0 saturated carbocycles. The molecule has 0 rings (SSSR count). The van der Waals surface area contributed by atoms with Gasteiger partial charge in [-0.25, -0.2) is 0 Å². The predicted octanol–water partition coefficient (Wildman–Crippen LogP) is -2.23. The number of carbonyl (C=O) groups is 6. The van der Waals surface area contributed by atoms with Crippen LogP contribution in [0.2, 0.25) is 0 Å². The van der Waals surface area contributed by atoms with Crippen LogP contribution < -0.4 is 21.7 Å². The third kappa shape index (κ3) is 11.4. The molecular formula is C17H25F2N5O7. The summed E-state index contributed by atoms with van der Waals surface area (Å²) in [7, 11) is 0. The Hall–Kier alpha value is -3.42. The van der Waals surface area contributed by atoms with Crippen LogP contribution in [-0.2, 0) is 33.5 Å². The molecule has 0 spiro atoms. The van der Waals surface area contributed by atoms with Crippen LogP contribution in [0.1, 0.15) is 20.3 Å². The monoisotopic (exact) mass is 449 g/mol. The molecule has 14 heteroatoms. The Kier molecular flexibility index (Phi) is 12.2. The zero-order valence-corrected chi connectivity index (χ0v) is 17.0. The SMILES string of the molecule is C/C=C\C(=O)N(C=O)CCC(=O)NCC(=O)NC(C)C(=O)NCOCC(F)(F)C(N)=O. The number of primary amides is 1. The first kappa shape index (κ1) is 27.6. The number of alkyl halides is 2. The number of hydrogen-bond acceptors (Lipinski definition) is 7. The molecule has 0 aliphatic heterocycles. The first-order valence-corrected chi connectivity index (χ1v) is 8.92. The second-order valence-electron chi connectivity index (χ2n) is 6.06. The van der Waals surface area contributed by atoms with Crippen molar-refractivity contribution in [2.75, 3.05) is 26.4 Å². The molecule has 0 bridgehead atoms. The lowest BCUT2D eigenvalue weighted by Crippen LogP contribution is -2.49. The Morgan fingerprint density at radius 2 is 1.81 bits per heavy atom. The zero-order valence-electron chi connectivity index (χ0n) is 17.0. The van der Waals surface area contributed by atoms with Gasteiger partial charge >= 0.3 is 5.92 Å². The number of nitrogens with one attached hydrogen (secondary N) is 3. The molecule has 0 aliphatic carbocycles. The van der Waals surface area contributed by atoms with Gasteiger partial charge in [0.15, 0.2) is 0 Å². The Balaban J connectivity index is 4.20. The summed E-state index contributed by atoms with van der Waals surface area (Å²) < 4.78 is 30.2.